The number of aromatic nitrogens is 3. The molecule has 0 aromatic carbocycles. The molecule has 0 aliphatic heterocycles. The van der Waals surface area contributed by atoms with Gasteiger partial charge in [-0.25, -0.2) is 4.98 Å². The number of amides is 1. The number of hydrogen-bond acceptors (Lipinski definition) is 3. The molecular formula is C16H16N4O2. The van der Waals surface area contributed by atoms with Crippen molar-refractivity contribution < 1.29 is 4.79 Å². The summed E-state index contributed by atoms with van der Waals surface area (Å²) in [4.78, 5) is 27.8. The lowest BCUT2D eigenvalue weighted by Crippen LogP contribution is -2.32. The fraction of sp³-hybridized carbons (Fsp3) is 0.188. The standard InChI is InChI=1S/C16H16N4O2/c21-15(12-20-10-4-2-6-16(20)22)17-8-7-13-11-19-9-3-1-5-14(19)18-13/h1-6,9-11H,7-8,12H2,(H,17,21). The summed E-state index contributed by atoms with van der Waals surface area (Å²) >= 11 is 0. The summed E-state index contributed by atoms with van der Waals surface area (Å²) in [6.45, 7) is 0.523. The molecule has 0 fully saturated rings. The van der Waals surface area contributed by atoms with E-state index >= 15 is 0 Å². The summed E-state index contributed by atoms with van der Waals surface area (Å²) < 4.78 is 3.32. The van der Waals surface area contributed by atoms with Gasteiger partial charge >= 0.3 is 0 Å². The minimum atomic E-state index is -0.183. The van der Waals surface area contributed by atoms with Crippen molar-refractivity contribution >= 4 is 11.6 Å². The monoisotopic (exact) mass is 296 g/mol. The molecule has 3 heterocycles. The number of nitrogens with zero attached hydrogens (tertiary/aromatic N) is 3. The second kappa shape index (κ2) is 6.26. The molecule has 0 radical (unpaired) electrons. The quantitative estimate of drug-likeness (QED) is 0.759. The SMILES string of the molecule is O=C(Cn1ccccc1=O)NCCc1cn2ccccc2n1. The highest BCUT2D eigenvalue weighted by Crippen LogP contribution is 2.04. The first-order chi connectivity index (χ1) is 10.7. The van der Waals surface area contributed by atoms with E-state index in [1.165, 1.54) is 10.6 Å². The minimum absolute atomic E-state index is 0.0326. The Morgan fingerprint density at radius 2 is 1.95 bits per heavy atom. The number of imidazole rings is 1. The maximum Gasteiger partial charge on any atom is 0.250 e. The Bertz CT molecular complexity index is 817. The first kappa shape index (κ1) is 14.1. The first-order valence-electron chi connectivity index (χ1n) is 7.07. The predicted molar refractivity (Wildman–Crippen MR) is 82.6 cm³/mol. The normalized spacial score (nSPS) is 10.7. The van der Waals surface area contributed by atoms with E-state index in [2.05, 4.69) is 10.3 Å². The highest BCUT2D eigenvalue weighted by molar-refractivity contribution is 5.75. The Balaban J connectivity index is 1.53. The van der Waals surface area contributed by atoms with Crippen LogP contribution in [0.25, 0.3) is 5.65 Å². The number of fused-ring (bicyclic) bond motifs is 1. The number of carbonyl (C=O) groups is 1. The molecule has 0 unspecified atom stereocenters. The third-order valence-corrected chi connectivity index (χ3v) is 3.33. The molecule has 3 aromatic rings. The molecule has 0 saturated carbocycles. The number of hydrogen-bond donors (Lipinski definition) is 1. The molecule has 0 aliphatic carbocycles. The van der Waals surface area contributed by atoms with E-state index in [1.807, 2.05) is 35.0 Å². The van der Waals surface area contributed by atoms with Crippen LogP contribution in [0.1, 0.15) is 5.69 Å². The zero-order valence-corrected chi connectivity index (χ0v) is 12.0. The second-order valence-corrected chi connectivity index (χ2v) is 4.97. The Labute approximate surface area is 127 Å². The van der Waals surface area contributed by atoms with E-state index < -0.39 is 0 Å². The highest BCUT2D eigenvalue weighted by atomic mass is 16.2. The van der Waals surface area contributed by atoms with Crippen molar-refractivity contribution in [3.63, 3.8) is 0 Å². The maximum atomic E-state index is 11.8. The second-order valence-electron chi connectivity index (χ2n) is 4.97. The lowest BCUT2D eigenvalue weighted by Gasteiger charge is -2.06. The van der Waals surface area contributed by atoms with Gasteiger partial charge in [0, 0.05) is 37.6 Å². The molecule has 3 aromatic heterocycles. The maximum absolute atomic E-state index is 11.8. The molecule has 0 atom stereocenters. The van der Waals surface area contributed by atoms with Crippen LogP contribution >= 0.6 is 0 Å². The van der Waals surface area contributed by atoms with Crippen LogP contribution in [0.5, 0.6) is 0 Å². The lowest BCUT2D eigenvalue weighted by molar-refractivity contribution is -0.121. The average Bonchev–Trinajstić information content (AvgIpc) is 2.92. The lowest BCUT2D eigenvalue weighted by atomic mass is 10.3. The minimum Gasteiger partial charge on any atom is -0.354 e. The van der Waals surface area contributed by atoms with Crippen molar-refractivity contribution in [1.29, 1.82) is 0 Å². The van der Waals surface area contributed by atoms with Crippen LogP contribution in [0.2, 0.25) is 0 Å². The average molecular weight is 296 g/mol. The van der Waals surface area contributed by atoms with E-state index in [1.54, 1.807) is 18.3 Å². The van der Waals surface area contributed by atoms with Crippen molar-refractivity contribution in [3.05, 3.63) is 71.0 Å². The molecule has 1 amide bonds. The van der Waals surface area contributed by atoms with E-state index in [0.29, 0.717) is 13.0 Å². The molecule has 3 rings (SSSR count). The van der Waals surface area contributed by atoms with Crippen molar-refractivity contribution in [2.75, 3.05) is 6.54 Å². The zero-order chi connectivity index (χ0) is 15.4. The summed E-state index contributed by atoms with van der Waals surface area (Å²) in [7, 11) is 0. The van der Waals surface area contributed by atoms with E-state index in [4.69, 9.17) is 0 Å². The third kappa shape index (κ3) is 3.22. The van der Waals surface area contributed by atoms with Gasteiger partial charge in [0.05, 0.1) is 5.69 Å². The molecule has 22 heavy (non-hydrogen) atoms. The highest BCUT2D eigenvalue weighted by Gasteiger charge is 2.05. The van der Waals surface area contributed by atoms with Crippen LogP contribution in [-0.4, -0.2) is 26.4 Å². The van der Waals surface area contributed by atoms with Crippen LogP contribution in [0.3, 0.4) is 0 Å². The largest absolute Gasteiger partial charge is 0.354 e. The molecule has 0 aliphatic rings. The van der Waals surface area contributed by atoms with Crippen molar-refractivity contribution in [1.82, 2.24) is 19.3 Å². The van der Waals surface area contributed by atoms with Crippen molar-refractivity contribution in [3.8, 4) is 0 Å². The van der Waals surface area contributed by atoms with Gasteiger partial charge in [-0.2, -0.15) is 0 Å². The van der Waals surface area contributed by atoms with Gasteiger partial charge in [-0.05, 0) is 18.2 Å². The van der Waals surface area contributed by atoms with Crippen LogP contribution < -0.4 is 10.9 Å². The van der Waals surface area contributed by atoms with Gasteiger partial charge in [-0.3, -0.25) is 9.59 Å². The van der Waals surface area contributed by atoms with Crippen molar-refractivity contribution in [2.45, 2.75) is 13.0 Å². The first-order valence-corrected chi connectivity index (χ1v) is 7.07. The van der Waals surface area contributed by atoms with Gasteiger partial charge in [0.1, 0.15) is 12.2 Å². The number of rotatable bonds is 5. The van der Waals surface area contributed by atoms with Gasteiger partial charge in [0.15, 0.2) is 0 Å². The van der Waals surface area contributed by atoms with Gasteiger partial charge in [0.2, 0.25) is 5.91 Å². The summed E-state index contributed by atoms with van der Waals surface area (Å²) in [6.07, 6.45) is 6.14. The van der Waals surface area contributed by atoms with Gasteiger partial charge < -0.3 is 14.3 Å². The Morgan fingerprint density at radius 1 is 1.14 bits per heavy atom. The fourth-order valence-corrected chi connectivity index (χ4v) is 2.24. The van der Waals surface area contributed by atoms with Crippen molar-refractivity contribution in [2.24, 2.45) is 0 Å². The molecule has 0 bridgehead atoms. The van der Waals surface area contributed by atoms with Crippen LogP contribution in [0, 0.1) is 0 Å². The predicted octanol–water partition coefficient (Wildman–Crippen LogP) is 0.855. The fourth-order valence-electron chi connectivity index (χ4n) is 2.24. The molecule has 1 N–H and O–H groups in total. The summed E-state index contributed by atoms with van der Waals surface area (Å²) in [5, 5.41) is 2.80. The van der Waals surface area contributed by atoms with Crippen LogP contribution in [-0.2, 0) is 17.8 Å². The molecule has 0 spiro atoms. The summed E-state index contributed by atoms with van der Waals surface area (Å²) in [6, 6.07) is 10.6. The van der Waals surface area contributed by atoms with E-state index in [9.17, 15) is 9.59 Å². The molecule has 6 nitrogen and oxygen atoms in total. The summed E-state index contributed by atoms with van der Waals surface area (Å²) in [5.41, 5.74) is 1.63. The molecule has 6 heteroatoms. The summed E-state index contributed by atoms with van der Waals surface area (Å²) in [5.74, 6) is -0.183. The van der Waals surface area contributed by atoms with E-state index in [0.717, 1.165) is 11.3 Å². The van der Waals surface area contributed by atoms with E-state index in [-0.39, 0.29) is 18.0 Å². The number of nitrogens with one attached hydrogen (secondary N) is 1. The molecule has 0 saturated heterocycles. The van der Waals surface area contributed by atoms with Gasteiger partial charge in [0.25, 0.3) is 5.56 Å². The zero-order valence-electron chi connectivity index (χ0n) is 12.0. The van der Waals surface area contributed by atoms with Gasteiger partial charge in [-0.15, -0.1) is 0 Å². The van der Waals surface area contributed by atoms with Gasteiger partial charge in [-0.1, -0.05) is 12.1 Å². The molecular weight excluding hydrogens is 280 g/mol. The topological polar surface area (TPSA) is 68.4 Å². The smallest absolute Gasteiger partial charge is 0.250 e. The van der Waals surface area contributed by atoms with Crippen LogP contribution in [0.15, 0.2) is 59.8 Å². The third-order valence-electron chi connectivity index (χ3n) is 3.33. The Hall–Kier alpha value is -2.89. The number of carbonyl (C=O) groups excluding carboxylic acids is 1. The number of pyridine rings is 2. The Kier molecular flexibility index (Phi) is 4.00. The molecule has 112 valence electrons. The van der Waals surface area contributed by atoms with Crippen LogP contribution in [0.4, 0.5) is 0 Å². The Morgan fingerprint density at radius 3 is 2.77 bits per heavy atom.